The van der Waals surface area contributed by atoms with E-state index in [1.807, 2.05) is 30.3 Å². The van der Waals surface area contributed by atoms with E-state index in [2.05, 4.69) is 4.52 Å². The molecule has 1 atom stereocenters. The van der Waals surface area contributed by atoms with E-state index in [-0.39, 0.29) is 0 Å². The van der Waals surface area contributed by atoms with Gasteiger partial charge in [0.2, 0.25) is 0 Å². The highest BCUT2D eigenvalue weighted by molar-refractivity contribution is 7.32. The molecule has 1 aromatic carbocycles. The lowest BCUT2D eigenvalue weighted by atomic mass is 10.1. The Labute approximate surface area is 78.3 Å². The number of aryl methyl sites for hydroxylation is 1. The predicted molar refractivity (Wildman–Crippen MR) is 51.9 cm³/mol. The van der Waals surface area contributed by atoms with Crippen molar-refractivity contribution in [2.45, 2.75) is 12.8 Å². The number of rotatable bonds is 5. The van der Waals surface area contributed by atoms with Gasteiger partial charge in [-0.1, -0.05) is 30.3 Å². The standard InChI is InChI=1S/C9H13O3P/c10-13(11)12-8-4-7-9-5-2-1-3-6-9/h1-3,5-6,13H,4,7-8H2,(H,10,11). The van der Waals surface area contributed by atoms with Crippen LogP contribution in [0, 0.1) is 0 Å². The zero-order valence-corrected chi connectivity index (χ0v) is 8.27. The van der Waals surface area contributed by atoms with Gasteiger partial charge in [-0.05, 0) is 18.4 Å². The number of hydrogen-bond acceptors (Lipinski definition) is 2. The van der Waals surface area contributed by atoms with Crippen LogP contribution in [0.2, 0.25) is 0 Å². The van der Waals surface area contributed by atoms with Crippen LogP contribution in [0.3, 0.4) is 0 Å². The van der Waals surface area contributed by atoms with E-state index in [1.165, 1.54) is 5.56 Å². The molecule has 1 aromatic rings. The van der Waals surface area contributed by atoms with E-state index in [1.54, 1.807) is 0 Å². The molecule has 0 aliphatic rings. The quantitative estimate of drug-likeness (QED) is 0.584. The Hall–Kier alpha value is -0.630. The molecule has 3 nitrogen and oxygen atoms in total. The van der Waals surface area contributed by atoms with Crippen LogP contribution in [0.1, 0.15) is 12.0 Å². The molecule has 1 rings (SSSR count). The zero-order chi connectivity index (χ0) is 9.52. The molecule has 1 N–H and O–H groups in total. The molecular weight excluding hydrogens is 187 g/mol. The van der Waals surface area contributed by atoms with Gasteiger partial charge in [-0.2, -0.15) is 0 Å². The lowest BCUT2D eigenvalue weighted by Crippen LogP contribution is -1.90. The van der Waals surface area contributed by atoms with Gasteiger partial charge < -0.3 is 9.42 Å². The molecule has 0 amide bonds. The van der Waals surface area contributed by atoms with E-state index in [9.17, 15) is 4.57 Å². The summed E-state index contributed by atoms with van der Waals surface area (Å²) >= 11 is 0. The summed E-state index contributed by atoms with van der Waals surface area (Å²) in [4.78, 5) is 8.37. The third kappa shape index (κ3) is 4.83. The van der Waals surface area contributed by atoms with Crippen molar-refractivity contribution >= 4 is 8.25 Å². The molecule has 4 heteroatoms. The van der Waals surface area contributed by atoms with Crippen molar-refractivity contribution in [2.75, 3.05) is 6.61 Å². The molecule has 0 spiro atoms. The van der Waals surface area contributed by atoms with Gasteiger partial charge in [-0.3, -0.25) is 4.57 Å². The maximum Gasteiger partial charge on any atom is 0.316 e. The normalized spacial score (nSPS) is 12.7. The minimum atomic E-state index is -2.74. The number of hydrogen-bond donors (Lipinski definition) is 1. The predicted octanol–water partition coefficient (Wildman–Crippen LogP) is 2.02. The van der Waals surface area contributed by atoms with Crippen molar-refractivity contribution in [1.29, 1.82) is 0 Å². The summed E-state index contributed by atoms with van der Waals surface area (Å²) in [5.74, 6) is 0. The van der Waals surface area contributed by atoms with E-state index >= 15 is 0 Å². The Morgan fingerprint density at radius 1 is 1.31 bits per heavy atom. The summed E-state index contributed by atoms with van der Waals surface area (Å²) in [6.45, 7) is 0.350. The molecule has 0 fully saturated rings. The second kappa shape index (κ2) is 5.92. The first-order valence-electron chi connectivity index (χ1n) is 4.18. The Kier molecular flexibility index (Phi) is 4.76. The summed E-state index contributed by atoms with van der Waals surface area (Å²) in [6.07, 6.45) is 1.66. The average Bonchev–Trinajstić information content (AvgIpc) is 2.14. The second-order valence-corrected chi connectivity index (χ2v) is 3.52. The third-order valence-corrected chi connectivity index (χ3v) is 2.13. The minimum Gasteiger partial charge on any atom is -0.326 e. The molecule has 0 heterocycles. The second-order valence-electron chi connectivity index (χ2n) is 2.70. The van der Waals surface area contributed by atoms with Crippen LogP contribution in [-0.2, 0) is 15.5 Å². The van der Waals surface area contributed by atoms with Crippen LogP contribution in [0.15, 0.2) is 30.3 Å². The Morgan fingerprint density at radius 3 is 2.62 bits per heavy atom. The fraction of sp³-hybridized carbons (Fsp3) is 0.333. The minimum absolute atomic E-state index is 0.350. The van der Waals surface area contributed by atoms with Gasteiger partial charge in [0.25, 0.3) is 0 Å². The van der Waals surface area contributed by atoms with Gasteiger partial charge in [0, 0.05) is 0 Å². The van der Waals surface area contributed by atoms with Crippen molar-refractivity contribution in [3.8, 4) is 0 Å². The first-order valence-corrected chi connectivity index (χ1v) is 5.45. The highest BCUT2D eigenvalue weighted by Gasteiger charge is 1.94. The molecular formula is C9H13O3P. The molecule has 0 saturated heterocycles. The van der Waals surface area contributed by atoms with Gasteiger partial charge in [-0.15, -0.1) is 0 Å². The van der Waals surface area contributed by atoms with Gasteiger partial charge in [-0.25, -0.2) is 0 Å². The lowest BCUT2D eigenvalue weighted by molar-refractivity contribution is 0.277. The maximum absolute atomic E-state index is 10.2. The average molecular weight is 200 g/mol. The van der Waals surface area contributed by atoms with E-state index in [0.29, 0.717) is 6.61 Å². The fourth-order valence-corrected chi connectivity index (χ4v) is 1.40. The monoisotopic (exact) mass is 200 g/mol. The maximum atomic E-state index is 10.2. The van der Waals surface area contributed by atoms with Crippen molar-refractivity contribution in [1.82, 2.24) is 0 Å². The van der Waals surface area contributed by atoms with Crippen LogP contribution in [0.4, 0.5) is 0 Å². The van der Waals surface area contributed by atoms with Crippen molar-refractivity contribution in [3.63, 3.8) is 0 Å². The van der Waals surface area contributed by atoms with Crippen molar-refractivity contribution in [3.05, 3.63) is 35.9 Å². The molecule has 0 aliphatic carbocycles. The van der Waals surface area contributed by atoms with Crippen molar-refractivity contribution < 1.29 is 14.0 Å². The summed E-state index contributed by atoms with van der Waals surface area (Å²) in [6, 6.07) is 9.98. The highest BCUT2D eigenvalue weighted by atomic mass is 31.1. The first kappa shape index (κ1) is 10.5. The van der Waals surface area contributed by atoms with Gasteiger partial charge in [0.05, 0.1) is 6.61 Å². The van der Waals surface area contributed by atoms with Crippen LogP contribution in [0.25, 0.3) is 0 Å². The molecule has 0 radical (unpaired) electrons. The topological polar surface area (TPSA) is 46.5 Å². The smallest absolute Gasteiger partial charge is 0.316 e. The van der Waals surface area contributed by atoms with Gasteiger partial charge in [0.15, 0.2) is 0 Å². The summed E-state index contributed by atoms with van der Waals surface area (Å²) in [5, 5.41) is 0. The summed E-state index contributed by atoms with van der Waals surface area (Å²) in [7, 11) is -2.74. The van der Waals surface area contributed by atoms with E-state index < -0.39 is 8.25 Å². The van der Waals surface area contributed by atoms with Crippen LogP contribution < -0.4 is 0 Å². The van der Waals surface area contributed by atoms with Gasteiger partial charge in [0.1, 0.15) is 0 Å². The fourth-order valence-electron chi connectivity index (χ4n) is 1.08. The van der Waals surface area contributed by atoms with E-state index in [0.717, 1.165) is 12.8 Å². The summed E-state index contributed by atoms with van der Waals surface area (Å²) in [5.41, 5.74) is 1.23. The Morgan fingerprint density at radius 2 is 2.00 bits per heavy atom. The molecule has 13 heavy (non-hydrogen) atoms. The summed E-state index contributed by atoms with van der Waals surface area (Å²) < 4.78 is 14.7. The van der Waals surface area contributed by atoms with Crippen molar-refractivity contribution in [2.24, 2.45) is 0 Å². The SMILES string of the molecule is O=[PH](O)OCCCc1ccccc1. The van der Waals surface area contributed by atoms with Crippen LogP contribution >= 0.6 is 8.25 Å². The number of benzene rings is 1. The Balaban J connectivity index is 2.17. The van der Waals surface area contributed by atoms with Crippen LogP contribution in [0.5, 0.6) is 0 Å². The van der Waals surface area contributed by atoms with Crippen LogP contribution in [-0.4, -0.2) is 11.5 Å². The van der Waals surface area contributed by atoms with E-state index in [4.69, 9.17) is 4.89 Å². The lowest BCUT2D eigenvalue weighted by Gasteiger charge is -2.00. The molecule has 0 aromatic heterocycles. The third-order valence-electron chi connectivity index (χ3n) is 1.68. The largest absolute Gasteiger partial charge is 0.326 e. The molecule has 0 aliphatic heterocycles. The van der Waals surface area contributed by atoms with Gasteiger partial charge >= 0.3 is 8.25 Å². The Bertz CT molecular complexity index is 261. The molecule has 0 bridgehead atoms. The molecule has 0 saturated carbocycles. The molecule has 1 unspecified atom stereocenters. The zero-order valence-electron chi connectivity index (χ0n) is 7.27. The highest BCUT2D eigenvalue weighted by Crippen LogP contribution is 2.14. The molecule has 72 valence electrons. The first-order chi connectivity index (χ1) is 6.29.